The summed E-state index contributed by atoms with van der Waals surface area (Å²) in [5.41, 5.74) is 5.50. The van der Waals surface area contributed by atoms with Gasteiger partial charge in [-0.1, -0.05) is 0 Å². The Balaban J connectivity index is 2.35. The number of nitrogens with two attached hydrogens (primary N) is 1. The van der Waals surface area contributed by atoms with Crippen LogP contribution in [0.15, 0.2) is 6.33 Å². The van der Waals surface area contributed by atoms with Crippen molar-refractivity contribution in [3.05, 3.63) is 16.4 Å². The van der Waals surface area contributed by atoms with E-state index in [4.69, 9.17) is 10.5 Å². The smallest absolute Gasteiger partial charge is 0.372 e. The number of nitro groups is 1. The average molecular weight is 267 g/mol. The van der Waals surface area contributed by atoms with E-state index < -0.39 is 4.92 Å². The molecular formula is C11H17N5O3. The van der Waals surface area contributed by atoms with Crippen molar-refractivity contribution < 1.29 is 9.66 Å². The van der Waals surface area contributed by atoms with Crippen LogP contribution in [0.3, 0.4) is 0 Å². The van der Waals surface area contributed by atoms with E-state index in [2.05, 4.69) is 9.97 Å². The Morgan fingerprint density at radius 2 is 2.42 bits per heavy atom. The first kappa shape index (κ1) is 13.5. The lowest BCUT2D eigenvalue weighted by molar-refractivity contribution is -0.385. The zero-order valence-corrected chi connectivity index (χ0v) is 10.8. The second-order valence-corrected chi connectivity index (χ2v) is 4.50. The van der Waals surface area contributed by atoms with Crippen molar-refractivity contribution in [3.63, 3.8) is 0 Å². The summed E-state index contributed by atoms with van der Waals surface area (Å²) in [6.07, 6.45) is 3.28. The molecule has 0 saturated carbocycles. The number of nitrogens with zero attached hydrogens (tertiary/aromatic N) is 4. The number of piperidine rings is 1. The normalized spacial score (nSPS) is 19.3. The van der Waals surface area contributed by atoms with E-state index >= 15 is 0 Å². The van der Waals surface area contributed by atoms with Gasteiger partial charge in [-0.25, -0.2) is 4.98 Å². The number of hydrogen-bond donors (Lipinski definition) is 1. The minimum Gasteiger partial charge on any atom is -0.476 e. The van der Waals surface area contributed by atoms with Gasteiger partial charge in [0.1, 0.15) is 6.33 Å². The van der Waals surface area contributed by atoms with E-state index in [0.29, 0.717) is 24.8 Å². The summed E-state index contributed by atoms with van der Waals surface area (Å²) in [6.45, 7) is 1.99. The van der Waals surface area contributed by atoms with Gasteiger partial charge < -0.3 is 15.4 Å². The van der Waals surface area contributed by atoms with Crippen molar-refractivity contribution in [2.45, 2.75) is 12.8 Å². The molecule has 0 aliphatic carbocycles. The standard InChI is InChI=1S/C11H17N5O3/c1-19-11-9(16(17)18)10(13-7-14-11)15-4-2-3-8(5-12)6-15/h7-8H,2-6,12H2,1H3. The number of anilines is 1. The number of hydrogen-bond acceptors (Lipinski definition) is 7. The second-order valence-electron chi connectivity index (χ2n) is 4.50. The van der Waals surface area contributed by atoms with Gasteiger partial charge in [0.25, 0.3) is 5.88 Å². The Kier molecular flexibility index (Phi) is 4.10. The molecule has 2 N–H and O–H groups in total. The maximum atomic E-state index is 11.2. The molecule has 2 rings (SSSR count). The number of ether oxygens (including phenoxy) is 1. The van der Waals surface area contributed by atoms with Crippen LogP contribution in [-0.4, -0.2) is 41.6 Å². The summed E-state index contributed by atoms with van der Waals surface area (Å²) in [5.74, 6) is 0.647. The van der Waals surface area contributed by atoms with Crippen molar-refractivity contribution in [1.82, 2.24) is 9.97 Å². The summed E-state index contributed by atoms with van der Waals surface area (Å²) in [5, 5.41) is 11.2. The zero-order chi connectivity index (χ0) is 13.8. The molecule has 8 nitrogen and oxygen atoms in total. The zero-order valence-electron chi connectivity index (χ0n) is 10.8. The molecule has 1 aromatic rings. The van der Waals surface area contributed by atoms with Crippen LogP contribution in [0, 0.1) is 16.0 Å². The Labute approximate surface area is 110 Å². The van der Waals surface area contributed by atoms with Gasteiger partial charge in [-0.3, -0.25) is 10.1 Å². The average Bonchev–Trinajstić information content (AvgIpc) is 2.46. The molecule has 2 heterocycles. The SMILES string of the molecule is COc1ncnc(N2CCCC(CN)C2)c1[N+](=O)[O-]. The highest BCUT2D eigenvalue weighted by molar-refractivity contribution is 5.62. The first-order valence-corrected chi connectivity index (χ1v) is 6.15. The fourth-order valence-corrected chi connectivity index (χ4v) is 2.34. The molecule has 1 aromatic heterocycles. The predicted molar refractivity (Wildman–Crippen MR) is 69.2 cm³/mol. The van der Waals surface area contributed by atoms with Crippen LogP contribution in [0.2, 0.25) is 0 Å². The highest BCUT2D eigenvalue weighted by Gasteiger charge is 2.30. The van der Waals surface area contributed by atoms with E-state index in [1.165, 1.54) is 13.4 Å². The number of methoxy groups -OCH3 is 1. The van der Waals surface area contributed by atoms with Crippen LogP contribution in [0.5, 0.6) is 5.88 Å². The van der Waals surface area contributed by atoms with Gasteiger partial charge in [0, 0.05) is 13.1 Å². The lowest BCUT2D eigenvalue weighted by Crippen LogP contribution is -2.39. The maximum Gasteiger partial charge on any atom is 0.372 e. The number of rotatable bonds is 4. The molecule has 104 valence electrons. The molecule has 19 heavy (non-hydrogen) atoms. The molecule has 1 unspecified atom stereocenters. The van der Waals surface area contributed by atoms with Crippen molar-refractivity contribution in [2.75, 3.05) is 31.6 Å². The van der Waals surface area contributed by atoms with Crippen molar-refractivity contribution in [3.8, 4) is 5.88 Å². The summed E-state index contributed by atoms with van der Waals surface area (Å²) in [7, 11) is 1.36. The van der Waals surface area contributed by atoms with Crippen molar-refractivity contribution in [2.24, 2.45) is 11.7 Å². The fourth-order valence-electron chi connectivity index (χ4n) is 2.34. The molecule has 1 atom stereocenters. The minimum atomic E-state index is -0.500. The summed E-state index contributed by atoms with van der Waals surface area (Å²) in [4.78, 5) is 20.4. The van der Waals surface area contributed by atoms with E-state index in [-0.39, 0.29) is 11.6 Å². The topological polar surface area (TPSA) is 107 Å². The number of aromatic nitrogens is 2. The third-order valence-electron chi connectivity index (χ3n) is 3.30. The molecule has 1 fully saturated rings. The minimum absolute atomic E-state index is 0.00938. The van der Waals surface area contributed by atoms with Crippen LogP contribution < -0.4 is 15.4 Å². The Morgan fingerprint density at radius 1 is 1.63 bits per heavy atom. The van der Waals surface area contributed by atoms with Gasteiger partial charge in [-0.2, -0.15) is 4.98 Å². The molecular weight excluding hydrogens is 250 g/mol. The highest BCUT2D eigenvalue weighted by Crippen LogP contribution is 2.34. The molecule has 0 spiro atoms. The van der Waals surface area contributed by atoms with Crippen LogP contribution in [0.1, 0.15) is 12.8 Å². The lowest BCUT2D eigenvalue weighted by Gasteiger charge is -2.32. The molecule has 0 aromatic carbocycles. The highest BCUT2D eigenvalue weighted by atomic mass is 16.6. The molecule has 0 bridgehead atoms. The Hall–Kier alpha value is -1.96. The van der Waals surface area contributed by atoms with Crippen LogP contribution in [0.4, 0.5) is 11.5 Å². The summed E-state index contributed by atoms with van der Waals surface area (Å²) >= 11 is 0. The van der Waals surface area contributed by atoms with Gasteiger partial charge >= 0.3 is 5.69 Å². The molecule has 8 heteroatoms. The molecule has 0 amide bonds. The monoisotopic (exact) mass is 267 g/mol. The molecule has 0 radical (unpaired) electrons. The van der Waals surface area contributed by atoms with Crippen molar-refractivity contribution in [1.29, 1.82) is 0 Å². The van der Waals surface area contributed by atoms with Gasteiger partial charge in [0.15, 0.2) is 0 Å². The second kappa shape index (κ2) is 5.79. The lowest BCUT2D eigenvalue weighted by atomic mass is 9.98. The van der Waals surface area contributed by atoms with E-state index in [1.807, 2.05) is 4.90 Å². The van der Waals surface area contributed by atoms with Gasteiger partial charge in [-0.05, 0) is 25.3 Å². The largest absolute Gasteiger partial charge is 0.476 e. The third kappa shape index (κ3) is 2.73. The summed E-state index contributed by atoms with van der Waals surface area (Å²) < 4.78 is 4.95. The van der Waals surface area contributed by atoms with Crippen LogP contribution in [0.25, 0.3) is 0 Å². The molecule has 1 saturated heterocycles. The van der Waals surface area contributed by atoms with E-state index in [1.54, 1.807) is 0 Å². The Morgan fingerprint density at radius 3 is 3.05 bits per heavy atom. The predicted octanol–water partition coefficient (Wildman–Crippen LogP) is 0.569. The van der Waals surface area contributed by atoms with E-state index in [9.17, 15) is 10.1 Å². The fraction of sp³-hybridized carbons (Fsp3) is 0.636. The van der Waals surface area contributed by atoms with Gasteiger partial charge in [0.05, 0.1) is 12.0 Å². The van der Waals surface area contributed by atoms with E-state index in [0.717, 1.165) is 19.4 Å². The third-order valence-corrected chi connectivity index (χ3v) is 3.30. The molecule has 1 aliphatic rings. The summed E-state index contributed by atoms with van der Waals surface area (Å²) in [6, 6.07) is 0. The van der Waals surface area contributed by atoms with Gasteiger partial charge in [-0.15, -0.1) is 0 Å². The Bertz CT molecular complexity index is 468. The molecule has 1 aliphatic heterocycles. The van der Waals surface area contributed by atoms with Gasteiger partial charge in [0.2, 0.25) is 5.82 Å². The van der Waals surface area contributed by atoms with Crippen molar-refractivity contribution >= 4 is 11.5 Å². The maximum absolute atomic E-state index is 11.2. The van der Waals surface area contributed by atoms with Crippen LogP contribution >= 0.6 is 0 Å². The quantitative estimate of drug-likeness (QED) is 0.627. The first-order valence-electron chi connectivity index (χ1n) is 6.15. The van der Waals surface area contributed by atoms with Crippen LogP contribution in [-0.2, 0) is 0 Å². The first-order chi connectivity index (χ1) is 9.17.